The van der Waals surface area contributed by atoms with Gasteiger partial charge in [0.1, 0.15) is 5.82 Å². The van der Waals surface area contributed by atoms with Gasteiger partial charge in [-0.25, -0.2) is 4.39 Å². The van der Waals surface area contributed by atoms with Gasteiger partial charge in [0.2, 0.25) is 0 Å². The molecular formula is C26H28BFN2O4. The van der Waals surface area contributed by atoms with Crippen LogP contribution in [0.3, 0.4) is 0 Å². The highest BCUT2D eigenvalue weighted by molar-refractivity contribution is 6.62. The monoisotopic (exact) mass is 462 g/mol. The number of pyridine rings is 1. The molecule has 0 saturated carbocycles. The minimum absolute atomic E-state index is 0.104. The van der Waals surface area contributed by atoms with E-state index in [-0.39, 0.29) is 19.1 Å². The van der Waals surface area contributed by atoms with Crippen molar-refractivity contribution in [3.05, 3.63) is 89.5 Å². The van der Waals surface area contributed by atoms with E-state index < -0.39 is 24.1 Å². The largest absolute Gasteiger partial charge is 0.494 e. The van der Waals surface area contributed by atoms with E-state index >= 15 is 0 Å². The Morgan fingerprint density at radius 3 is 2.44 bits per heavy atom. The Labute approximate surface area is 199 Å². The molecule has 8 heteroatoms. The van der Waals surface area contributed by atoms with Crippen LogP contribution in [0.5, 0.6) is 0 Å². The van der Waals surface area contributed by atoms with Gasteiger partial charge in [-0.15, -0.1) is 0 Å². The predicted molar refractivity (Wildman–Crippen MR) is 129 cm³/mol. The molecule has 4 rings (SSSR count). The number of carbonyl (C=O) groups excluding carboxylic acids is 1. The molecule has 0 unspecified atom stereocenters. The van der Waals surface area contributed by atoms with Crippen molar-refractivity contribution in [1.29, 1.82) is 0 Å². The summed E-state index contributed by atoms with van der Waals surface area (Å²) in [5, 5.41) is 2.75. The molecule has 6 nitrogen and oxygen atoms in total. The Morgan fingerprint density at radius 2 is 1.76 bits per heavy atom. The molecule has 1 aromatic heterocycles. The van der Waals surface area contributed by atoms with Gasteiger partial charge >= 0.3 is 7.12 Å². The summed E-state index contributed by atoms with van der Waals surface area (Å²) in [4.78, 5) is 17.0. The highest BCUT2D eigenvalue weighted by atomic mass is 19.1. The molecule has 2 aromatic carbocycles. The summed E-state index contributed by atoms with van der Waals surface area (Å²) in [6, 6.07) is 17.1. The smallest absolute Gasteiger partial charge is 0.399 e. The van der Waals surface area contributed by atoms with Gasteiger partial charge in [0.25, 0.3) is 5.91 Å². The lowest BCUT2D eigenvalue weighted by molar-refractivity contribution is 0.00578. The fraction of sp³-hybridized carbons (Fsp3) is 0.308. The zero-order valence-corrected chi connectivity index (χ0v) is 19.8. The number of aromatic nitrogens is 1. The Morgan fingerprint density at radius 1 is 1.00 bits per heavy atom. The number of amides is 1. The van der Waals surface area contributed by atoms with Crippen molar-refractivity contribution in [2.24, 2.45) is 0 Å². The summed E-state index contributed by atoms with van der Waals surface area (Å²) in [7, 11) is -0.569. The van der Waals surface area contributed by atoms with Crippen molar-refractivity contribution in [3.8, 4) is 0 Å². The van der Waals surface area contributed by atoms with Crippen molar-refractivity contribution >= 4 is 24.2 Å². The minimum atomic E-state index is -0.569. The van der Waals surface area contributed by atoms with Crippen LogP contribution in [0.1, 0.15) is 49.3 Å². The number of anilines is 1. The summed E-state index contributed by atoms with van der Waals surface area (Å²) < 4.78 is 32.3. The zero-order chi connectivity index (χ0) is 24.3. The van der Waals surface area contributed by atoms with E-state index in [9.17, 15) is 9.18 Å². The molecular weight excluding hydrogens is 434 g/mol. The third-order valence-electron chi connectivity index (χ3n) is 6.22. The van der Waals surface area contributed by atoms with E-state index in [1.807, 2.05) is 52.0 Å². The molecule has 1 fully saturated rings. The maximum atomic E-state index is 14.6. The number of rotatable bonds is 7. The quantitative estimate of drug-likeness (QED) is 0.524. The number of nitrogens with zero attached hydrogens (tertiary/aromatic N) is 1. The first-order valence-electron chi connectivity index (χ1n) is 11.2. The Bertz CT molecular complexity index is 1150. The predicted octanol–water partition coefficient (Wildman–Crippen LogP) is 4.49. The molecule has 0 atom stereocenters. The fourth-order valence-corrected chi connectivity index (χ4v) is 3.50. The number of hydrogen-bond donors (Lipinski definition) is 1. The lowest BCUT2D eigenvalue weighted by atomic mass is 9.78. The SMILES string of the molecule is CC1(C)OB(c2cccc(C(=O)Nc3ccc(COCc4ccccn4)c(F)c3)c2)OC1(C)C. The van der Waals surface area contributed by atoms with Gasteiger partial charge in [0.15, 0.2) is 0 Å². The van der Waals surface area contributed by atoms with Crippen molar-refractivity contribution in [1.82, 2.24) is 4.98 Å². The van der Waals surface area contributed by atoms with Crippen LogP contribution in [0, 0.1) is 5.82 Å². The first-order valence-corrected chi connectivity index (χ1v) is 11.2. The molecule has 1 saturated heterocycles. The van der Waals surface area contributed by atoms with E-state index in [1.165, 1.54) is 6.07 Å². The number of benzene rings is 2. The van der Waals surface area contributed by atoms with Gasteiger partial charge in [0, 0.05) is 23.0 Å². The number of ether oxygens (including phenoxy) is 1. The zero-order valence-electron chi connectivity index (χ0n) is 19.8. The Kier molecular flexibility index (Phi) is 6.84. The van der Waals surface area contributed by atoms with Gasteiger partial charge in [-0.05, 0) is 69.6 Å². The van der Waals surface area contributed by atoms with Gasteiger partial charge in [0.05, 0.1) is 30.1 Å². The maximum absolute atomic E-state index is 14.6. The average Bonchev–Trinajstić information content (AvgIpc) is 3.03. The van der Waals surface area contributed by atoms with Gasteiger partial charge in [-0.1, -0.05) is 24.3 Å². The Balaban J connectivity index is 1.38. The molecule has 0 spiro atoms. The van der Waals surface area contributed by atoms with E-state index in [0.29, 0.717) is 16.8 Å². The van der Waals surface area contributed by atoms with E-state index in [1.54, 1.807) is 36.5 Å². The molecule has 2 heterocycles. The first-order chi connectivity index (χ1) is 16.1. The van der Waals surface area contributed by atoms with Crippen LogP contribution < -0.4 is 10.8 Å². The molecule has 1 N–H and O–H groups in total. The molecule has 0 radical (unpaired) electrons. The second-order valence-electron chi connectivity index (χ2n) is 9.29. The van der Waals surface area contributed by atoms with E-state index in [0.717, 1.165) is 11.2 Å². The lowest BCUT2D eigenvalue weighted by Crippen LogP contribution is -2.41. The normalized spacial score (nSPS) is 16.4. The number of carbonyl (C=O) groups is 1. The third kappa shape index (κ3) is 5.36. The van der Waals surface area contributed by atoms with Crippen LogP contribution in [0.2, 0.25) is 0 Å². The summed E-state index contributed by atoms with van der Waals surface area (Å²) in [6.07, 6.45) is 1.68. The number of nitrogens with one attached hydrogen (secondary N) is 1. The molecule has 0 bridgehead atoms. The van der Waals surface area contributed by atoms with Gasteiger partial charge in [-0.3, -0.25) is 9.78 Å². The van der Waals surface area contributed by atoms with Crippen LogP contribution in [0.4, 0.5) is 10.1 Å². The maximum Gasteiger partial charge on any atom is 0.494 e. The molecule has 1 aliphatic heterocycles. The van der Waals surface area contributed by atoms with Crippen molar-refractivity contribution < 1.29 is 23.2 Å². The number of hydrogen-bond acceptors (Lipinski definition) is 5. The van der Waals surface area contributed by atoms with Crippen molar-refractivity contribution in [2.75, 3.05) is 5.32 Å². The van der Waals surface area contributed by atoms with Crippen LogP contribution in [0.15, 0.2) is 66.9 Å². The van der Waals surface area contributed by atoms with Crippen LogP contribution in [0.25, 0.3) is 0 Å². The standard InChI is InChI=1S/C26H28BFN2O4/c1-25(2)26(3,4)34-27(33-25)20-9-7-8-18(14-20)24(31)30-21-12-11-19(23(28)15-21)16-32-17-22-10-5-6-13-29-22/h5-15H,16-17H2,1-4H3,(H,30,31). The topological polar surface area (TPSA) is 69.7 Å². The Hall–Kier alpha value is -3.07. The first kappa shape index (κ1) is 24.1. The van der Waals surface area contributed by atoms with Gasteiger partial charge < -0.3 is 19.4 Å². The van der Waals surface area contributed by atoms with Crippen LogP contribution in [-0.4, -0.2) is 29.2 Å². The van der Waals surface area contributed by atoms with Gasteiger partial charge in [-0.2, -0.15) is 0 Å². The molecule has 1 amide bonds. The molecule has 0 aliphatic carbocycles. The second-order valence-corrected chi connectivity index (χ2v) is 9.29. The highest BCUT2D eigenvalue weighted by Gasteiger charge is 2.51. The van der Waals surface area contributed by atoms with Crippen molar-refractivity contribution in [3.63, 3.8) is 0 Å². The molecule has 34 heavy (non-hydrogen) atoms. The molecule has 176 valence electrons. The highest BCUT2D eigenvalue weighted by Crippen LogP contribution is 2.36. The lowest BCUT2D eigenvalue weighted by Gasteiger charge is -2.32. The van der Waals surface area contributed by atoms with Crippen LogP contribution >= 0.6 is 0 Å². The molecule has 3 aromatic rings. The summed E-state index contributed by atoms with van der Waals surface area (Å²) >= 11 is 0. The second kappa shape index (κ2) is 9.66. The minimum Gasteiger partial charge on any atom is -0.399 e. The van der Waals surface area contributed by atoms with Crippen molar-refractivity contribution in [2.45, 2.75) is 52.1 Å². The van der Waals surface area contributed by atoms with E-state index in [2.05, 4.69) is 10.3 Å². The number of halogens is 1. The molecule has 1 aliphatic rings. The summed E-state index contributed by atoms with van der Waals surface area (Å²) in [5.41, 5.74) is 1.75. The summed E-state index contributed by atoms with van der Waals surface area (Å²) in [6.45, 7) is 8.30. The summed E-state index contributed by atoms with van der Waals surface area (Å²) in [5.74, 6) is -0.804. The third-order valence-corrected chi connectivity index (χ3v) is 6.22. The fourth-order valence-electron chi connectivity index (χ4n) is 3.50. The van der Waals surface area contributed by atoms with Crippen LogP contribution in [-0.2, 0) is 27.3 Å². The van der Waals surface area contributed by atoms with E-state index in [4.69, 9.17) is 14.0 Å². The average molecular weight is 462 g/mol.